The first kappa shape index (κ1) is 15.6. The van der Waals surface area contributed by atoms with Crippen molar-refractivity contribution in [3.8, 4) is 0 Å². The number of benzene rings is 1. The number of likely N-dealkylation sites (N-methyl/N-ethyl adjacent to an activating group) is 1. The van der Waals surface area contributed by atoms with Crippen LogP contribution >= 0.6 is 0 Å². The van der Waals surface area contributed by atoms with E-state index in [1.54, 1.807) is 0 Å². The maximum Gasteiger partial charge on any atom is 0.305 e. The molecule has 0 saturated heterocycles. The number of carbonyl (C=O) groups excluding carboxylic acids is 2. The van der Waals surface area contributed by atoms with E-state index in [1.807, 2.05) is 0 Å². The van der Waals surface area contributed by atoms with Gasteiger partial charge in [0.1, 0.15) is 5.82 Å². The molecule has 0 aliphatic rings. The molecule has 108 valence electrons. The molecule has 0 bridgehead atoms. The highest BCUT2D eigenvalue weighted by Crippen LogP contribution is 2.02. The van der Waals surface area contributed by atoms with Gasteiger partial charge >= 0.3 is 5.97 Å². The second-order valence-electron chi connectivity index (χ2n) is 4.15. The maximum absolute atomic E-state index is 12.9. The predicted octanol–water partition coefficient (Wildman–Crippen LogP) is 0.489. The van der Waals surface area contributed by atoms with Crippen LogP contribution in [-0.2, 0) is 9.59 Å². The Labute approximate surface area is 115 Å². The SMILES string of the molecule is CN(CCC(=O)O)C(=O)CNC(=O)c1cccc(F)c1. The summed E-state index contributed by atoms with van der Waals surface area (Å²) in [4.78, 5) is 34.8. The van der Waals surface area contributed by atoms with Crippen molar-refractivity contribution in [3.63, 3.8) is 0 Å². The number of carboxylic acid groups (broad SMARTS) is 1. The third-order valence-electron chi connectivity index (χ3n) is 2.57. The first-order valence-electron chi connectivity index (χ1n) is 5.89. The second-order valence-corrected chi connectivity index (χ2v) is 4.15. The van der Waals surface area contributed by atoms with Gasteiger partial charge in [-0.05, 0) is 18.2 Å². The number of carbonyl (C=O) groups is 3. The van der Waals surface area contributed by atoms with Crippen molar-refractivity contribution in [1.82, 2.24) is 10.2 Å². The van der Waals surface area contributed by atoms with Crippen LogP contribution < -0.4 is 5.32 Å². The zero-order chi connectivity index (χ0) is 15.1. The lowest BCUT2D eigenvalue weighted by Gasteiger charge is -2.16. The average molecular weight is 282 g/mol. The Morgan fingerprint density at radius 2 is 2.05 bits per heavy atom. The van der Waals surface area contributed by atoms with E-state index in [1.165, 1.54) is 30.1 Å². The Bertz CT molecular complexity index is 519. The van der Waals surface area contributed by atoms with Gasteiger partial charge in [-0.3, -0.25) is 14.4 Å². The van der Waals surface area contributed by atoms with E-state index in [9.17, 15) is 18.8 Å². The van der Waals surface area contributed by atoms with E-state index in [-0.39, 0.29) is 25.1 Å². The standard InChI is InChI=1S/C13H15FN2O4/c1-16(6-5-12(18)19)11(17)8-15-13(20)9-3-2-4-10(14)7-9/h2-4,7H,5-6,8H2,1H3,(H,15,20)(H,18,19). The van der Waals surface area contributed by atoms with E-state index in [4.69, 9.17) is 5.11 Å². The van der Waals surface area contributed by atoms with Crippen molar-refractivity contribution < 1.29 is 23.9 Å². The summed E-state index contributed by atoms with van der Waals surface area (Å²) in [6.07, 6.45) is -0.167. The van der Waals surface area contributed by atoms with Gasteiger partial charge in [0.2, 0.25) is 5.91 Å². The molecule has 1 aromatic carbocycles. The first-order valence-corrected chi connectivity index (χ1v) is 5.89. The number of hydrogen-bond donors (Lipinski definition) is 2. The summed E-state index contributed by atoms with van der Waals surface area (Å²) in [6.45, 7) is -0.213. The van der Waals surface area contributed by atoms with E-state index >= 15 is 0 Å². The van der Waals surface area contributed by atoms with E-state index in [0.29, 0.717) is 0 Å². The summed E-state index contributed by atoms with van der Waals surface area (Å²) in [6, 6.07) is 5.09. The van der Waals surface area contributed by atoms with Crippen LogP contribution in [0.25, 0.3) is 0 Å². The van der Waals surface area contributed by atoms with Crippen LogP contribution in [0.5, 0.6) is 0 Å². The van der Waals surface area contributed by atoms with Crippen molar-refractivity contribution in [3.05, 3.63) is 35.6 Å². The van der Waals surface area contributed by atoms with Crippen LogP contribution in [0.3, 0.4) is 0 Å². The number of carboxylic acids is 1. The largest absolute Gasteiger partial charge is 0.481 e. The molecule has 0 unspecified atom stereocenters. The molecule has 0 saturated carbocycles. The highest BCUT2D eigenvalue weighted by atomic mass is 19.1. The van der Waals surface area contributed by atoms with Crippen LogP contribution in [-0.4, -0.2) is 47.9 Å². The number of rotatable bonds is 6. The fraction of sp³-hybridized carbons (Fsp3) is 0.308. The van der Waals surface area contributed by atoms with Gasteiger partial charge in [0.05, 0.1) is 13.0 Å². The normalized spacial score (nSPS) is 9.90. The van der Waals surface area contributed by atoms with Crippen molar-refractivity contribution in [2.24, 2.45) is 0 Å². The molecule has 2 amide bonds. The lowest BCUT2D eigenvalue weighted by molar-refractivity contribution is -0.138. The number of amides is 2. The molecular formula is C13H15FN2O4. The summed E-state index contributed by atoms with van der Waals surface area (Å²) in [5, 5.41) is 10.8. The van der Waals surface area contributed by atoms with Crippen LogP contribution in [0, 0.1) is 5.82 Å². The minimum absolute atomic E-state index is 0.0595. The molecular weight excluding hydrogens is 267 g/mol. The fourth-order valence-electron chi connectivity index (χ4n) is 1.41. The van der Waals surface area contributed by atoms with Gasteiger partial charge in [0, 0.05) is 19.2 Å². The van der Waals surface area contributed by atoms with Gasteiger partial charge in [0.25, 0.3) is 5.91 Å². The van der Waals surface area contributed by atoms with E-state index < -0.39 is 23.6 Å². The average Bonchev–Trinajstić information content (AvgIpc) is 2.41. The molecule has 0 heterocycles. The van der Waals surface area contributed by atoms with Crippen molar-refractivity contribution >= 4 is 17.8 Å². The molecule has 0 aliphatic carbocycles. The van der Waals surface area contributed by atoms with Crippen LogP contribution in [0.2, 0.25) is 0 Å². The number of halogens is 1. The highest BCUT2D eigenvalue weighted by Gasteiger charge is 2.12. The highest BCUT2D eigenvalue weighted by molar-refractivity contribution is 5.96. The van der Waals surface area contributed by atoms with Gasteiger partial charge in [-0.25, -0.2) is 4.39 Å². The molecule has 0 fully saturated rings. The lowest BCUT2D eigenvalue weighted by atomic mass is 10.2. The Balaban J connectivity index is 2.44. The third kappa shape index (κ3) is 5.05. The Morgan fingerprint density at radius 1 is 1.35 bits per heavy atom. The van der Waals surface area contributed by atoms with Gasteiger partial charge in [0.15, 0.2) is 0 Å². The summed E-state index contributed by atoms with van der Waals surface area (Å²) in [5.41, 5.74) is 0.117. The van der Waals surface area contributed by atoms with Crippen molar-refractivity contribution in [1.29, 1.82) is 0 Å². The van der Waals surface area contributed by atoms with E-state index in [2.05, 4.69) is 5.32 Å². The molecule has 20 heavy (non-hydrogen) atoms. The predicted molar refractivity (Wildman–Crippen MR) is 68.6 cm³/mol. The quantitative estimate of drug-likeness (QED) is 0.795. The molecule has 0 aromatic heterocycles. The summed E-state index contributed by atoms with van der Waals surface area (Å²) in [5.74, 6) is -2.53. The molecule has 0 aliphatic heterocycles. The zero-order valence-corrected chi connectivity index (χ0v) is 10.9. The van der Waals surface area contributed by atoms with Gasteiger partial charge in [-0.2, -0.15) is 0 Å². The molecule has 6 nitrogen and oxygen atoms in total. The molecule has 1 rings (SSSR count). The number of nitrogens with zero attached hydrogens (tertiary/aromatic N) is 1. The minimum atomic E-state index is -1.01. The zero-order valence-electron chi connectivity index (χ0n) is 10.9. The number of aliphatic carboxylic acids is 1. The molecule has 0 radical (unpaired) electrons. The van der Waals surface area contributed by atoms with Gasteiger partial charge in [-0.1, -0.05) is 6.07 Å². The Kier molecular flexibility index (Phi) is 5.64. The van der Waals surface area contributed by atoms with E-state index in [0.717, 1.165) is 6.07 Å². The monoisotopic (exact) mass is 282 g/mol. The van der Waals surface area contributed by atoms with Crippen molar-refractivity contribution in [2.45, 2.75) is 6.42 Å². The summed E-state index contributed by atoms with van der Waals surface area (Å²) in [7, 11) is 1.44. The topological polar surface area (TPSA) is 86.7 Å². The first-order chi connectivity index (χ1) is 9.40. The second kappa shape index (κ2) is 7.22. The fourth-order valence-corrected chi connectivity index (χ4v) is 1.41. The molecule has 0 spiro atoms. The van der Waals surface area contributed by atoms with Gasteiger partial charge < -0.3 is 15.3 Å². The Morgan fingerprint density at radius 3 is 2.65 bits per heavy atom. The molecule has 0 atom stereocenters. The lowest BCUT2D eigenvalue weighted by Crippen LogP contribution is -2.39. The van der Waals surface area contributed by atoms with Crippen LogP contribution in [0.15, 0.2) is 24.3 Å². The van der Waals surface area contributed by atoms with Crippen LogP contribution in [0.4, 0.5) is 4.39 Å². The Hall–Kier alpha value is -2.44. The smallest absolute Gasteiger partial charge is 0.305 e. The summed E-state index contributed by atoms with van der Waals surface area (Å²) < 4.78 is 12.9. The maximum atomic E-state index is 12.9. The molecule has 7 heteroatoms. The minimum Gasteiger partial charge on any atom is -0.481 e. The third-order valence-corrected chi connectivity index (χ3v) is 2.57. The number of nitrogens with one attached hydrogen (secondary N) is 1. The summed E-state index contributed by atoms with van der Waals surface area (Å²) >= 11 is 0. The molecule has 2 N–H and O–H groups in total. The molecule has 1 aromatic rings. The van der Waals surface area contributed by atoms with Crippen LogP contribution in [0.1, 0.15) is 16.8 Å². The number of hydrogen-bond acceptors (Lipinski definition) is 3. The van der Waals surface area contributed by atoms with Gasteiger partial charge in [-0.15, -0.1) is 0 Å². The van der Waals surface area contributed by atoms with Crippen molar-refractivity contribution in [2.75, 3.05) is 20.1 Å².